The molecule has 0 aromatic heterocycles. The zero-order valence-corrected chi connectivity index (χ0v) is 7.93. The van der Waals surface area contributed by atoms with Crippen molar-refractivity contribution >= 4 is 17.4 Å². The summed E-state index contributed by atoms with van der Waals surface area (Å²) in [4.78, 5) is 23.8. The van der Waals surface area contributed by atoms with Crippen LogP contribution in [0.25, 0.3) is 0 Å². The molecule has 0 atom stereocenters. The van der Waals surface area contributed by atoms with Gasteiger partial charge in [0.05, 0.1) is 11.6 Å². The lowest BCUT2D eigenvalue weighted by Crippen LogP contribution is -2.26. The van der Waals surface area contributed by atoms with Crippen molar-refractivity contribution in [2.45, 2.75) is 6.42 Å². The predicted octanol–water partition coefficient (Wildman–Crippen LogP) is 0.864. The van der Waals surface area contributed by atoms with Crippen molar-refractivity contribution in [1.29, 1.82) is 5.26 Å². The number of hydrogen-bond acceptors (Lipinski definition) is 3. The molecular weight excluding hydrogens is 192 g/mol. The summed E-state index contributed by atoms with van der Waals surface area (Å²) in [6.07, 6.45) is 0.277. The zero-order valence-electron chi connectivity index (χ0n) is 7.93. The van der Waals surface area contributed by atoms with Crippen molar-refractivity contribution in [3.8, 4) is 6.07 Å². The Balaban J connectivity index is 2.28. The number of Topliss-reactive ketones (excluding diaryl/α,β-unsaturated/α-hetero) is 1. The lowest BCUT2D eigenvalue weighted by Gasteiger charge is -2.13. The summed E-state index contributed by atoms with van der Waals surface area (Å²) in [7, 11) is 0. The molecule has 0 aliphatic carbocycles. The summed E-state index contributed by atoms with van der Waals surface area (Å²) in [6, 6.07) is 8.61. The van der Waals surface area contributed by atoms with E-state index in [-0.39, 0.29) is 12.2 Å². The van der Waals surface area contributed by atoms with Gasteiger partial charge in [0, 0.05) is 18.7 Å². The average molecular weight is 200 g/mol. The second-order valence-corrected chi connectivity index (χ2v) is 3.29. The summed E-state index contributed by atoms with van der Waals surface area (Å²) in [5.74, 6) is -0.806. The molecule has 74 valence electrons. The number of anilines is 1. The van der Waals surface area contributed by atoms with Crippen molar-refractivity contribution in [2.75, 3.05) is 11.4 Å². The molecule has 0 unspecified atom stereocenters. The Bertz CT molecular complexity index is 456. The number of carbonyl (C=O) groups is 2. The minimum atomic E-state index is -0.459. The standard InChI is InChI=1S/C11H8N2O2/c12-7-8-1-3-9(4-2-8)13-6-5-10(14)11(13)15/h1-4H,5-6H2. The van der Waals surface area contributed by atoms with Crippen molar-refractivity contribution in [2.24, 2.45) is 0 Å². The van der Waals surface area contributed by atoms with Crippen molar-refractivity contribution in [1.82, 2.24) is 0 Å². The van der Waals surface area contributed by atoms with Crippen LogP contribution in [0.1, 0.15) is 12.0 Å². The Kier molecular flexibility index (Phi) is 2.22. The zero-order chi connectivity index (χ0) is 10.8. The maximum absolute atomic E-state index is 11.4. The molecule has 1 aliphatic rings. The molecule has 4 nitrogen and oxygen atoms in total. The number of hydrogen-bond donors (Lipinski definition) is 0. The van der Waals surface area contributed by atoms with Gasteiger partial charge in [0.1, 0.15) is 0 Å². The molecular formula is C11H8N2O2. The minimum Gasteiger partial charge on any atom is -0.305 e. The lowest BCUT2D eigenvalue weighted by molar-refractivity contribution is -0.133. The molecule has 0 N–H and O–H groups in total. The first-order chi connectivity index (χ1) is 7.22. The normalized spacial score (nSPS) is 15.5. The Morgan fingerprint density at radius 2 is 1.87 bits per heavy atom. The van der Waals surface area contributed by atoms with Gasteiger partial charge in [0.15, 0.2) is 0 Å². The van der Waals surface area contributed by atoms with Gasteiger partial charge in [0.25, 0.3) is 5.91 Å². The molecule has 1 heterocycles. The van der Waals surface area contributed by atoms with E-state index in [0.29, 0.717) is 17.8 Å². The van der Waals surface area contributed by atoms with Crippen LogP contribution in [0.5, 0.6) is 0 Å². The van der Waals surface area contributed by atoms with Crippen LogP contribution < -0.4 is 4.90 Å². The lowest BCUT2D eigenvalue weighted by atomic mass is 10.2. The van der Waals surface area contributed by atoms with Crippen LogP contribution >= 0.6 is 0 Å². The summed E-state index contributed by atoms with van der Waals surface area (Å²) >= 11 is 0. The smallest absolute Gasteiger partial charge is 0.294 e. The predicted molar refractivity (Wildman–Crippen MR) is 53.1 cm³/mol. The Labute approximate surface area is 86.7 Å². The van der Waals surface area contributed by atoms with Crippen LogP contribution in [0.15, 0.2) is 24.3 Å². The first-order valence-electron chi connectivity index (χ1n) is 4.57. The van der Waals surface area contributed by atoms with Gasteiger partial charge in [-0.3, -0.25) is 9.59 Å². The summed E-state index contributed by atoms with van der Waals surface area (Å²) < 4.78 is 0. The van der Waals surface area contributed by atoms with E-state index in [1.54, 1.807) is 24.3 Å². The maximum atomic E-state index is 11.4. The summed E-state index contributed by atoms with van der Waals surface area (Å²) in [6.45, 7) is 0.434. The van der Waals surface area contributed by atoms with Gasteiger partial charge in [-0.25, -0.2) is 0 Å². The Morgan fingerprint density at radius 3 is 2.33 bits per heavy atom. The molecule has 1 saturated heterocycles. The van der Waals surface area contributed by atoms with E-state index in [1.807, 2.05) is 6.07 Å². The van der Waals surface area contributed by atoms with Crippen LogP contribution in [-0.4, -0.2) is 18.2 Å². The van der Waals surface area contributed by atoms with E-state index < -0.39 is 5.91 Å². The molecule has 0 saturated carbocycles. The highest BCUT2D eigenvalue weighted by Crippen LogP contribution is 2.19. The van der Waals surface area contributed by atoms with E-state index >= 15 is 0 Å². The molecule has 1 aromatic carbocycles. The van der Waals surface area contributed by atoms with E-state index in [9.17, 15) is 9.59 Å². The third kappa shape index (κ3) is 1.59. The van der Waals surface area contributed by atoms with Crippen LogP contribution in [0.2, 0.25) is 0 Å². The number of nitriles is 1. The van der Waals surface area contributed by atoms with Crippen LogP contribution in [0, 0.1) is 11.3 Å². The molecule has 0 bridgehead atoms. The van der Waals surface area contributed by atoms with E-state index in [2.05, 4.69) is 0 Å². The molecule has 4 heteroatoms. The van der Waals surface area contributed by atoms with Crippen molar-refractivity contribution < 1.29 is 9.59 Å². The van der Waals surface area contributed by atoms with E-state index in [4.69, 9.17) is 5.26 Å². The first kappa shape index (κ1) is 9.41. The van der Waals surface area contributed by atoms with Crippen molar-refractivity contribution in [3.63, 3.8) is 0 Å². The van der Waals surface area contributed by atoms with Gasteiger partial charge in [-0.1, -0.05) is 0 Å². The maximum Gasteiger partial charge on any atom is 0.294 e. The first-order valence-corrected chi connectivity index (χ1v) is 4.57. The number of ketones is 1. The molecule has 1 aliphatic heterocycles. The number of amides is 1. The highest BCUT2D eigenvalue weighted by molar-refractivity contribution is 6.43. The van der Waals surface area contributed by atoms with E-state index in [0.717, 1.165) is 0 Å². The molecule has 1 aromatic rings. The van der Waals surface area contributed by atoms with Gasteiger partial charge >= 0.3 is 0 Å². The molecule has 0 spiro atoms. The third-order valence-electron chi connectivity index (χ3n) is 2.35. The van der Waals surface area contributed by atoms with Gasteiger partial charge < -0.3 is 4.90 Å². The largest absolute Gasteiger partial charge is 0.305 e. The molecule has 1 amide bonds. The Morgan fingerprint density at radius 1 is 1.20 bits per heavy atom. The monoisotopic (exact) mass is 200 g/mol. The van der Waals surface area contributed by atoms with E-state index in [1.165, 1.54) is 4.90 Å². The fraction of sp³-hybridized carbons (Fsp3) is 0.182. The fourth-order valence-corrected chi connectivity index (χ4v) is 1.53. The quantitative estimate of drug-likeness (QED) is 0.632. The van der Waals surface area contributed by atoms with Gasteiger partial charge in [-0.15, -0.1) is 0 Å². The third-order valence-corrected chi connectivity index (χ3v) is 2.35. The summed E-state index contributed by atoms with van der Waals surface area (Å²) in [5, 5.41) is 8.60. The van der Waals surface area contributed by atoms with Gasteiger partial charge in [-0.05, 0) is 24.3 Å². The second-order valence-electron chi connectivity index (χ2n) is 3.29. The number of rotatable bonds is 1. The number of carbonyl (C=O) groups excluding carboxylic acids is 2. The van der Waals surface area contributed by atoms with Gasteiger partial charge in [-0.2, -0.15) is 5.26 Å². The SMILES string of the molecule is N#Cc1ccc(N2CCC(=O)C2=O)cc1. The van der Waals surface area contributed by atoms with Crippen LogP contribution in [0.3, 0.4) is 0 Å². The minimum absolute atomic E-state index is 0.277. The molecule has 2 rings (SSSR count). The molecule has 0 radical (unpaired) electrons. The molecule has 15 heavy (non-hydrogen) atoms. The fourth-order valence-electron chi connectivity index (χ4n) is 1.53. The summed E-state index contributed by atoms with van der Waals surface area (Å²) in [5.41, 5.74) is 1.21. The molecule has 1 fully saturated rings. The topological polar surface area (TPSA) is 61.2 Å². The number of nitrogens with zero attached hydrogens (tertiary/aromatic N) is 2. The van der Waals surface area contributed by atoms with Crippen molar-refractivity contribution in [3.05, 3.63) is 29.8 Å². The van der Waals surface area contributed by atoms with Crippen LogP contribution in [-0.2, 0) is 9.59 Å². The highest BCUT2D eigenvalue weighted by Gasteiger charge is 2.29. The Hall–Kier alpha value is -2.15. The number of benzene rings is 1. The second kappa shape index (κ2) is 3.54. The average Bonchev–Trinajstić information content (AvgIpc) is 2.60. The van der Waals surface area contributed by atoms with Crippen LogP contribution in [0.4, 0.5) is 5.69 Å². The van der Waals surface area contributed by atoms with Gasteiger partial charge in [0.2, 0.25) is 5.78 Å². The highest BCUT2D eigenvalue weighted by atomic mass is 16.2.